The smallest absolute Gasteiger partial charge is 0.241 e. The maximum absolute atomic E-state index is 12.2. The van der Waals surface area contributed by atoms with Gasteiger partial charge in [0.05, 0.1) is 6.04 Å². The Balaban J connectivity index is 0.00000225. The van der Waals surface area contributed by atoms with Crippen molar-refractivity contribution in [3.05, 3.63) is 60.2 Å². The molecule has 2 aromatic carbocycles. The van der Waals surface area contributed by atoms with Crippen LogP contribution in [-0.2, 0) is 16.0 Å². The van der Waals surface area contributed by atoms with Crippen molar-refractivity contribution in [1.82, 2.24) is 0 Å². The monoisotopic (exact) mass is 359 g/mol. The van der Waals surface area contributed by atoms with E-state index in [4.69, 9.17) is 5.73 Å². The molecule has 1 saturated carbocycles. The number of nitrogens with two attached hydrogens (primary N) is 1. The van der Waals surface area contributed by atoms with Gasteiger partial charge in [-0.3, -0.25) is 9.59 Å². The maximum Gasteiger partial charge on any atom is 0.241 e. The number of hydrogen-bond donors (Lipinski definition) is 3. The lowest BCUT2D eigenvalue weighted by molar-refractivity contribution is -0.118. The molecule has 1 unspecified atom stereocenters. The predicted molar refractivity (Wildman–Crippen MR) is 102 cm³/mol. The van der Waals surface area contributed by atoms with Gasteiger partial charge in [0.15, 0.2) is 0 Å². The summed E-state index contributed by atoms with van der Waals surface area (Å²) in [6, 6.07) is 16.2. The van der Waals surface area contributed by atoms with Crippen LogP contribution in [0.1, 0.15) is 18.4 Å². The second-order valence-corrected chi connectivity index (χ2v) is 6.13. The second kappa shape index (κ2) is 8.65. The quantitative estimate of drug-likeness (QED) is 0.741. The Bertz CT molecular complexity index is 732. The molecule has 2 amide bonds. The Labute approximate surface area is 153 Å². The third-order valence-electron chi connectivity index (χ3n) is 3.98. The highest BCUT2D eigenvalue weighted by atomic mass is 35.5. The maximum atomic E-state index is 12.2. The van der Waals surface area contributed by atoms with Crippen molar-refractivity contribution in [2.75, 3.05) is 10.6 Å². The number of halogens is 1. The van der Waals surface area contributed by atoms with Crippen molar-refractivity contribution < 1.29 is 9.59 Å². The van der Waals surface area contributed by atoms with E-state index in [0.29, 0.717) is 17.8 Å². The van der Waals surface area contributed by atoms with Crippen LogP contribution < -0.4 is 16.4 Å². The summed E-state index contributed by atoms with van der Waals surface area (Å²) in [6.07, 6.45) is 2.39. The number of carbonyl (C=O) groups is 2. The molecule has 4 N–H and O–H groups in total. The van der Waals surface area contributed by atoms with E-state index in [1.807, 2.05) is 30.3 Å². The first kappa shape index (κ1) is 19.0. The summed E-state index contributed by atoms with van der Waals surface area (Å²) in [5.74, 6) is -0.0636. The molecular weight excluding hydrogens is 338 g/mol. The lowest BCUT2D eigenvalue weighted by Crippen LogP contribution is -2.37. The average Bonchev–Trinajstić information content (AvgIpc) is 3.41. The first-order valence-electron chi connectivity index (χ1n) is 8.13. The fraction of sp³-hybridized carbons (Fsp3) is 0.263. The van der Waals surface area contributed by atoms with Crippen LogP contribution in [0.25, 0.3) is 0 Å². The molecule has 1 fully saturated rings. The average molecular weight is 360 g/mol. The minimum atomic E-state index is -0.628. The molecule has 1 aliphatic carbocycles. The van der Waals surface area contributed by atoms with Gasteiger partial charge in [0.25, 0.3) is 0 Å². The van der Waals surface area contributed by atoms with Gasteiger partial charge >= 0.3 is 0 Å². The second-order valence-electron chi connectivity index (χ2n) is 6.13. The minimum absolute atomic E-state index is 0. The zero-order valence-electron chi connectivity index (χ0n) is 13.8. The molecule has 1 atom stereocenters. The molecule has 0 spiro atoms. The number of anilines is 2. The van der Waals surface area contributed by atoms with Gasteiger partial charge in [-0.25, -0.2) is 0 Å². The Morgan fingerprint density at radius 3 is 2.28 bits per heavy atom. The molecule has 0 radical (unpaired) electrons. The molecule has 132 valence electrons. The SMILES string of the molecule is Cl.NC(Cc1ccccc1)C(=O)Nc1cccc(NC(=O)C2CC2)c1. The lowest BCUT2D eigenvalue weighted by Gasteiger charge is -2.13. The fourth-order valence-electron chi connectivity index (χ4n) is 2.46. The number of amides is 2. The van der Waals surface area contributed by atoms with Gasteiger partial charge in [0, 0.05) is 17.3 Å². The van der Waals surface area contributed by atoms with Gasteiger partial charge in [-0.15, -0.1) is 12.4 Å². The van der Waals surface area contributed by atoms with Crippen LogP contribution in [0, 0.1) is 5.92 Å². The molecule has 3 rings (SSSR count). The van der Waals surface area contributed by atoms with Gasteiger partial charge in [-0.05, 0) is 43.0 Å². The van der Waals surface area contributed by atoms with Gasteiger partial charge in [0.1, 0.15) is 0 Å². The van der Waals surface area contributed by atoms with Crippen LogP contribution in [0.15, 0.2) is 54.6 Å². The molecule has 6 heteroatoms. The van der Waals surface area contributed by atoms with Crippen LogP contribution in [0.3, 0.4) is 0 Å². The van der Waals surface area contributed by atoms with E-state index in [0.717, 1.165) is 18.4 Å². The number of nitrogens with one attached hydrogen (secondary N) is 2. The predicted octanol–water partition coefficient (Wildman–Crippen LogP) is 2.97. The first-order valence-corrected chi connectivity index (χ1v) is 8.13. The van der Waals surface area contributed by atoms with Crippen LogP contribution in [0.2, 0.25) is 0 Å². The summed E-state index contributed by atoms with van der Waals surface area (Å²) >= 11 is 0. The van der Waals surface area contributed by atoms with Crippen LogP contribution >= 0.6 is 12.4 Å². The van der Waals surface area contributed by atoms with E-state index < -0.39 is 6.04 Å². The lowest BCUT2D eigenvalue weighted by atomic mass is 10.1. The molecule has 25 heavy (non-hydrogen) atoms. The Morgan fingerprint density at radius 2 is 1.64 bits per heavy atom. The van der Waals surface area contributed by atoms with Crippen molar-refractivity contribution in [3.63, 3.8) is 0 Å². The van der Waals surface area contributed by atoms with Gasteiger partial charge < -0.3 is 16.4 Å². The van der Waals surface area contributed by atoms with Crippen molar-refractivity contribution in [3.8, 4) is 0 Å². The van der Waals surface area contributed by atoms with E-state index >= 15 is 0 Å². The van der Waals surface area contributed by atoms with Crippen molar-refractivity contribution in [2.45, 2.75) is 25.3 Å². The van der Waals surface area contributed by atoms with E-state index in [-0.39, 0.29) is 30.1 Å². The third kappa shape index (κ3) is 5.59. The van der Waals surface area contributed by atoms with E-state index in [9.17, 15) is 9.59 Å². The van der Waals surface area contributed by atoms with Crippen LogP contribution in [0.4, 0.5) is 11.4 Å². The summed E-state index contributed by atoms with van der Waals surface area (Å²) in [5, 5.41) is 5.67. The van der Waals surface area contributed by atoms with Crippen LogP contribution in [0.5, 0.6) is 0 Å². The summed E-state index contributed by atoms with van der Waals surface area (Å²) in [5.41, 5.74) is 8.31. The third-order valence-corrected chi connectivity index (χ3v) is 3.98. The first-order chi connectivity index (χ1) is 11.6. The normalized spacial score (nSPS) is 14.1. The Hall–Kier alpha value is -2.37. The highest BCUT2D eigenvalue weighted by Crippen LogP contribution is 2.30. The largest absolute Gasteiger partial charge is 0.326 e. The van der Waals surface area contributed by atoms with Gasteiger partial charge in [-0.2, -0.15) is 0 Å². The topological polar surface area (TPSA) is 84.2 Å². The molecule has 0 saturated heterocycles. The number of benzene rings is 2. The van der Waals surface area contributed by atoms with E-state index in [1.54, 1.807) is 24.3 Å². The molecule has 1 aliphatic rings. The number of rotatable bonds is 6. The summed E-state index contributed by atoms with van der Waals surface area (Å²) in [6.45, 7) is 0. The van der Waals surface area contributed by atoms with Gasteiger partial charge in [0.2, 0.25) is 11.8 Å². The number of carbonyl (C=O) groups excluding carboxylic acids is 2. The summed E-state index contributed by atoms with van der Waals surface area (Å²) < 4.78 is 0. The van der Waals surface area contributed by atoms with Crippen LogP contribution in [-0.4, -0.2) is 17.9 Å². The molecule has 0 aromatic heterocycles. The zero-order chi connectivity index (χ0) is 16.9. The summed E-state index contributed by atoms with van der Waals surface area (Å²) in [7, 11) is 0. The molecular formula is C19H22ClN3O2. The van der Waals surface area contributed by atoms with Gasteiger partial charge in [-0.1, -0.05) is 36.4 Å². The van der Waals surface area contributed by atoms with Crippen molar-refractivity contribution in [1.29, 1.82) is 0 Å². The van der Waals surface area contributed by atoms with Crippen molar-refractivity contribution in [2.24, 2.45) is 11.7 Å². The Kier molecular flexibility index (Phi) is 6.56. The standard InChI is InChI=1S/C19H21N3O2.ClH/c20-17(11-13-5-2-1-3-6-13)19(24)22-16-8-4-7-15(12-16)21-18(23)14-9-10-14;/h1-8,12,14,17H,9-11,20H2,(H,21,23)(H,22,24);1H. The molecule has 0 aliphatic heterocycles. The Morgan fingerprint density at radius 1 is 1.00 bits per heavy atom. The van der Waals surface area contributed by atoms with E-state index in [2.05, 4.69) is 10.6 Å². The fourth-order valence-corrected chi connectivity index (χ4v) is 2.46. The molecule has 0 heterocycles. The highest BCUT2D eigenvalue weighted by molar-refractivity contribution is 5.97. The van der Waals surface area contributed by atoms with Crippen molar-refractivity contribution >= 4 is 35.6 Å². The number of hydrogen-bond acceptors (Lipinski definition) is 3. The highest BCUT2D eigenvalue weighted by Gasteiger charge is 2.29. The molecule has 5 nitrogen and oxygen atoms in total. The zero-order valence-corrected chi connectivity index (χ0v) is 14.6. The molecule has 0 bridgehead atoms. The summed E-state index contributed by atoms with van der Waals surface area (Å²) in [4.78, 5) is 24.0. The van der Waals surface area contributed by atoms with E-state index in [1.165, 1.54) is 0 Å². The molecule has 2 aromatic rings. The minimum Gasteiger partial charge on any atom is -0.326 e.